The van der Waals surface area contributed by atoms with Gasteiger partial charge >= 0.3 is 0 Å². The van der Waals surface area contributed by atoms with E-state index in [1.165, 1.54) is 24.7 Å². The molecule has 0 spiro atoms. The zero-order valence-electron chi connectivity index (χ0n) is 30.3. The van der Waals surface area contributed by atoms with E-state index in [9.17, 15) is 9.59 Å². The van der Waals surface area contributed by atoms with Gasteiger partial charge in [-0.05, 0) is 80.3 Å². The highest BCUT2D eigenvalue weighted by molar-refractivity contribution is 6.74. The van der Waals surface area contributed by atoms with Gasteiger partial charge < -0.3 is 23.9 Å². The lowest BCUT2D eigenvalue weighted by Crippen LogP contribution is -2.44. The molecule has 6 atom stereocenters. The van der Waals surface area contributed by atoms with Crippen molar-refractivity contribution in [1.29, 1.82) is 0 Å². The van der Waals surface area contributed by atoms with E-state index in [1.54, 1.807) is 6.20 Å². The summed E-state index contributed by atoms with van der Waals surface area (Å²) in [7, 11) is -2.09. The molecular weight excluding hydrogens is 659 g/mol. The zero-order chi connectivity index (χ0) is 35.4. The maximum Gasteiger partial charge on any atom is 0.230 e. The third kappa shape index (κ3) is 6.01. The molecule has 51 heavy (non-hydrogen) atoms. The quantitative estimate of drug-likeness (QED) is 0.203. The molecule has 4 aromatic rings. The lowest BCUT2D eigenvalue weighted by Gasteiger charge is -2.38. The van der Waals surface area contributed by atoms with Gasteiger partial charge in [-0.25, -0.2) is 24.9 Å². The third-order valence-electron chi connectivity index (χ3n) is 12.2. The number of anilines is 3. The summed E-state index contributed by atoms with van der Waals surface area (Å²) in [5.41, 5.74) is 4.85. The summed E-state index contributed by atoms with van der Waals surface area (Å²) in [6, 6.07) is 5.83. The molecule has 2 amide bonds. The van der Waals surface area contributed by atoms with Gasteiger partial charge in [0.2, 0.25) is 11.8 Å². The van der Waals surface area contributed by atoms with E-state index >= 15 is 0 Å². The van der Waals surface area contributed by atoms with Crippen molar-refractivity contribution < 1.29 is 14.0 Å². The molecular formula is C38H47N9O3Si. The molecule has 3 aliphatic carbocycles. The summed E-state index contributed by atoms with van der Waals surface area (Å²) in [6.45, 7) is 14.7. The lowest BCUT2D eigenvalue weighted by atomic mass is 10.1. The topological polar surface area (TPSA) is 131 Å². The fourth-order valence-electron chi connectivity index (χ4n) is 7.83. The summed E-state index contributed by atoms with van der Waals surface area (Å²) in [5, 5.41) is 3.11. The standard InChI is InChI=1S/C38H47N9O3Si/c1-21-9-10-39-34(42-21)27-14-28(27)36(48)44-32-15-33(41-20-40-32)46-18-25(50-51(5,6)38(2,3)4)13-30(46)29-19-45-16-23(22-7-8-22)12-31(35(45)43-29)47-17-24-11-26(24)37(47)49/h9-10,12,15-16,19-20,22,24-28,30H,7-8,11,13-14,17-18H2,1-6H3,(H,40,41,44,48)/t24?,25-,26?,27?,28?,30+/m0/s1. The number of piperidine rings is 1. The minimum atomic E-state index is -2.09. The number of carbonyl (C=O) groups is 2. The van der Waals surface area contributed by atoms with Crippen LogP contribution in [0.4, 0.5) is 17.3 Å². The molecule has 2 saturated heterocycles. The fraction of sp³-hybridized carbons (Fsp3) is 0.553. The van der Waals surface area contributed by atoms with Crippen molar-refractivity contribution in [2.75, 3.05) is 28.2 Å². The maximum absolute atomic E-state index is 13.3. The summed E-state index contributed by atoms with van der Waals surface area (Å²) < 4.78 is 9.16. The van der Waals surface area contributed by atoms with Crippen molar-refractivity contribution in [3.05, 3.63) is 65.9 Å². The van der Waals surface area contributed by atoms with Crippen molar-refractivity contribution in [3.8, 4) is 0 Å². The first-order chi connectivity index (χ1) is 24.3. The second-order valence-corrected chi connectivity index (χ2v) is 21.8. The van der Waals surface area contributed by atoms with Gasteiger partial charge in [0, 0.05) is 67.6 Å². The molecule has 13 heteroatoms. The molecule has 0 bridgehead atoms. The van der Waals surface area contributed by atoms with E-state index in [1.807, 2.05) is 24.0 Å². The number of carbonyl (C=O) groups excluding carboxylic acids is 2. The monoisotopic (exact) mass is 705 g/mol. The normalized spacial score (nSPS) is 27.3. The molecule has 12 nitrogen and oxygen atoms in total. The van der Waals surface area contributed by atoms with Crippen molar-refractivity contribution in [2.45, 2.75) is 102 Å². The van der Waals surface area contributed by atoms with Gasteiger partial charge in [-0.15, -0.1) is 0 Å². The van der Waals surface area contributed by atoms with E-state index in [0.29, 0.717) is 30.0 Å². The highest BCUT2D eigenvalue weighted by atomic mass is 28.4. The van der Waals surface area contributed by atoms with E-state index in [-0.39, 0.29) is 46.8 Å². The van der Waals surface area contributed by atoms with Gasteiger partial charge in [0.05, 0.1) is 23.5 Å². The molecule has 2 aliphatic heterocycles. The average molecular weight is 706 g/mol. The first-order valence-corrected chi connectivity index (χ1v) is 21.4. The number of rotatable bonds is 9. The predicted molar refractivity (Wildman–Crippen MR) is 196 cm³/mol. The van der Waals surface area contributed by atoms with Crippen LogP contribution in [0.25, 0.3) is 5.65 Å². The molecule has 4 unspecified atom stereocenters. The second kappa shape index (κ2) is 11.6. The van der Waals surface area contributed by atoms with Gasteiger partial charge in [0.15, 0.2) is 14.0 Å². The Balaban J connectivity index is 1.03. The van der Waals surface area contributed by atoms with Crippen molar-refractivity contribution >= 4 is 43.1 Å². The van der Waals surface area contributed by atoms with Crippen LogP contribution in [0.3, 0.4) is 0 Å². The Morgan fingerprint density at radius 2 is 1.82 bits per heavy atom. The Labute approximate surface area is 299 Å². The molecule has 266 valence electrons. The van der Waals surface area contributed by atoms with Gasteiger partial charge in [-0.2, -0.15) is 0 Å². The van der Waals surface area contributed by atoms with Crippen LogP contribution in [-0.4, -0.2) is 68.6 Å². The minimum Gasteiger partial charge on any atom is -0.412 e. The maximum atomic E-state index is 13.3. The van der Waals surface area contributed by atoms with Crippen LogP contribution in [0, 0.1) is 24.7 Å². The Hall–Kier alpha value is -4.23. The van der Waals surface area contributed by atoms with Crippen LogP contribution in [-0.2, 0) is 14.0 Å². The Kier molecular flexibility index (Phi) is 7.45. The number of nitrogens with one attached hydrogen (secondary N) is 1. The summed E-state index contributed by atoms with van der Waals surface area (Å²) in [5.74, 6) is 3.08. The van der Waals surface area contributed by atoms with Crippen molar-refractivity contribution in [3.63, 3.8) is 0 Å². The number of aryl methyl sites for hydroxylation is 1. The van der Waals surface area contributed by atoms with Crippen molar-refractivity contribution in [1.82, 2.24) is 29.3 Å². The number of imidazole rings is 1. The van der Waals surface area contributed by atoms with E-state index < -0.39 is 8.32 Å². The molecule has 5 aliphatic rings. The largest absolute Gasteiger partial charge is 0.412 e. The van der Waals surface area contributed by atoms with E-state index in [2.05, 4.69) is 81.9 Å². The molecule has 3 saturated carbocycles. The average Bonchev–Trinajstić information content (AvgIpc) is 4.02. The number of hydrogen-bond acceptors (Lipinski definition) is 9. The molecule has 0 radical (unpaired) electrons. The number of pyridine rings is 1. The van der Waals surface area contributed by atoms with Gasteiger partial charge in [0.25, 0.3) is 0 Å². The molecule has 0 aromatic carbocycles. The highest BCUT2D eigenvalue weighted by Gasteiger charge is 2.53. The molecule has 6 heterocycles. The summed E-state index contributed by atoms with van der Waals surface area (Å²) >= 11 is 0. The first kappa shape index (κ1) is 32.7. The van der Waals surface area contributed by atoms with Crippen LogP contribution in [0.1, 0.15) is 93.5 Å². The van der Waals surface area contributed by atoms with Crippen LogP contribution < -0.4 is 15.1 Å². The number of amides is 2. The molecule has 4 aromatic heterocycles. The van der Waals surface area contributed by atoms with Gasteiger partial charge in [-0.3, -0.25) is 9.59 Å². The Morgan fingerprint density at radius 3 is 2.55 bits per heavy atom. The number of nitrogens with zero attached hydrogens (tertiary/aromatic N) is 8. The van der Waals surface area contributed by atoms with Crippen LogP contribution in [0.2, 0.25) is 18.1 Å². The SMILES string of the molecule is Cc1ccnc(C2CC2C(=O)Nc2cc(N3C[C@@H](O[Si](C)(C)C(C)(C)C)C[C@@H]3c3cn4cc(C5CC5)cc(N5CC6CC6C5=O)c4n3)ncn2)n1. The number of fused-ring (bicyclic) bond motifs is 2. The first-order valence-electron chi connectivity index (χ1n) is 18.5. The summed E-state index contributed by atoms with van der Waals surface area (Å²) in [6.07, 6.45) is 12.5. The van der Waals surface area contributed by atoms with Gasteiger partial charge in [-0.1, -0.05) is 20.8 Å². The van der Waals surface area contributed by atoms with Crippen LogP contribution >= 0.6 is 0 Å². The minimum absolute atomic E-state index is 0.0180. The number of hydrogen-bond donors (Lipinski definition) is 1. The Bertz CT molecular complexity index is 2060. The van der Waals surface area contributed by atoms with Gasteiger partial charge in [0.1, 0.15) is 23.8 Å². The predicted octanol–water partition coefficient (Wildman–Crippen LogP) is 6.17. The van der Waals surface area contributed by atoms with Crippen LogP contribution in [0.5, 0.6) is 0 Å². The zero-order valence-corrected chi connectivity index (χ0v) is 31.3. The second-order valence-electron chi connectivity index (χ2n) is 17.0. The van der Waals surface area contributed by atoms with E-state index in [0.717, 1.165) is 54.4 Å². The Morgan fingerprint density at radius 1 is 1.00 bits per heavy atom. The lowest BCUT2D eigenvalue weighted by molar-refractivity contribution is -0.119. The summed E-state index contributed by atoms with van der Waals surface area (Å²) in [4.78, 5) is 54.3. The van der Waals surface area contributed by atoms with Crippen LogP contribution in [0.15, 0.2) is 43.1 Å². The van der Waals surface area contributed by atoms with E-state index in [4.69, 9.17) is 14.4 Å². The smallest absolute Gasteiger partial charge is 0.230 e. The molecule has 1 N–H and O–H groups in total. The third-order valence-corrected chi connectivity index (χ3v) is 16.7. The fourth-order valence-corrected chi connectivity index (χ4v) is 9.19. The number of aromatic nitrogens is 6. The molecule has 5 fully saturated rings. The van der Waals surface area contributed by atoms with Crippen molar-refractivity contribution in [2.24, 2.45) is 17.8 Å². The highest BCUT2D eigenvalue weighted by Crippen LogP contribution is 2.50. The molecule has 9 rings (SSSR count).